The molecule has 3 nitrogen and oxygen atoms in total. The number of aromatic nitrogens is 1. The van der Waals surface area contributed by atoms with Gasteiger partial charge in [-0.2, -0.15) is 0 Å². The Kier molecular flexibility index (Phi) is 3.85. The number of anilines is 1. The van der Waals surface area contributed by atoms with E-state index < -0.39 is 0 Å². The van der Waals surface area contributed by atoms with Crippen molar-refractivity contribution in [3.63, 3.8) is 0 Å². The van der Waals surface area contributed by atoms with Gasteiger partial charge in [0.05, 0.1) is 11.2 Å². The summed E-state index contributed by atoms with van der Waals surface area (Å²) in [5, 5.41) is 1.05. The van der Waals surface area contributed by atoms with Gasteiger partial charge in [0.2, 0.25) is 0 Å². The summed E-state index contributed by atoms with van der Waals surface area (Å²) in [6, 6.07) is 10.8. The van der Waals surface area contributed by atoms with Crippen LogP contribution in [0.15, 0.2) is 30.3 Å². The monoisotopic (exact) mass is 283 g/mol. The number of nitrogens with zero attached hydrogens (tertiary/aromatic N) is 2. The van der Waals surface area contributed by atoms with Crippen LogP contribution < -0.4 is 5.73 Å². The summed E-state index contributed by atoms with van der Waals surface area (Å²) in [7, 11) is 0. The Bertz CT molecular complexity index is 637. The highest BCUT2D eigenvalue weighted by Gasteiger charge is 2.28. The number of hydrogen-bond donors (Lipinski definition) is 1. The highest BCUT2D eigenvalue weighted by Crippen LogP contribution is 2.29. The van der Waals surface area contributed by atoms with E-state index >= 15 is 0 Å². The Labute approximate surface area is 127 Å². The quantitative estimate of drug-likeness (QED) is 0.914. The number of nitrogens with two attached hydrogens (primary N) is 1. The van der Waals surface area contributed by atoms with Gasteiger partial charge in [-0.15, -0.1) is 0 Å². The molecule has 3 unspecified atom stereocenters. The molecule has 1 aliphatic rings. The molecule has 3 rings (SSSR count). The molecular formula is C18H25N3. The molecule has 1 aliphatic heterocycles. The van der Waals surface area contributed by atoms with Crippen LogP contribution in [0.4, 0.5) is 5.69 Å². The SMILES string of the molecule is CC1CC(C)C(C)N(Cc2cc(N)c3ccccc3n2)C1. The molecule has 0 saturated carbocycles. The maximum atomic E-state index is 6.19. The number of hydrogen-bond acceptors (Lipinski definition) is 3. The van der Waals surface area contributed by atoms with Crippen molar-refractivity contribution in [1.29, 1.82) is 0 Å². The van der Waals surface area contributed by atoms with E-state index in [9.17, 15) is 0 Å². The van der Waals surface area contributed by atoms with Crippen LogP contribution >= 0.6 is 0 Å². The van der Waals surface area contributed by atoms with Crippen LogP contribution in [0.3, 0.4) is 0 Å². The normalized spacial score (nSPS) is 27.1. The lowest BCUT2D eigenvalue weighted by atomic mass is 9.86. The molecule has 1 aromatic carbocycles. The molecule has 0 aliphatic carbocycles. The van der Waals surface area contributed by atoms with E-state index in [4.69, 9.17) is 10.7 Å². The third-order valence-corrected chi connectivity index (χ3v) is 4.89. The summed E-state index contributed by atoms with van der Waals surface area (Å²) in [6.45, 7) is 9.08. The summed E-state index contributed by atoms with van der Waals surface area (Å²) < 4.78 is 0. The first kappa shape index (κ1) is 14.3. The Morgan fingerprint density at radius 3 is 2.81 bits per heavy atom. The summed E-state index contributed by atoms with van der Waals surface area (Å²) >= 11 is 0. The maximum Gasteiger partial charge on any atom is 0.0726 e. The first-order chi connectivity index (χ1) is 10.0. The third-order valence-electron chi connectivity index (χ3n) is 4.89. The Morgan fingerprint density at radius 1 is 1.24 bits per heavy atom. The largest absolute Gasteiger partial charge is 0.398 e. The second-order valence-electron chi connectivity index (χ2n) is 6.71. The standard InChI is InChI=1S/C18H25N3/c1-12-8-13(2)14(3)21(10-12)11-15-9-17(19)16-6-4-5-7-18(16)20-15/h4-7,9,12-14H,8,10-11H2,1-3H3,(H2,19,20). The van der Waals surface area contributed by atoms with Gasteiger partial charge in [0, 0.05) is 30.2 Å². The van der Waals surface area contributed by atoms with Crippen LogP contribution in [-0.2, 0) is 6.54 Å². The molecule has 3 heteroatoms. The molecule has 1 aromatic heterocycles. The van der Waals surface area contributed by atoms with Crippen LogP contribution in [0.25, 0.3) is 10.9 Å². The summed E-state index contributed by atoms with van der Waals surface area (Å²) in [5.41, 5.74) is 9.11. The zero-order valence-electron chi connectivity index (χ0n) is 13.2. The van der Waals surface area contributed by atoms with Crippen molar-refractivity contribution >= 4 is 16.6 Å². The summed E-state index contributed by atoms with van der Waals surface area (Å²) in [5.74, 6) is 1.50. The molecule has 2 aromatic rings. The third kappa shape index (κ3) is 2.88. The van der Waals surface area contributed by atoms with Crippen molar-refractivity contribution < 1.29 is 0 Å². The van der Waals surface area contributed by atoms with E-state index in [2.05, 4.69) is 25.7 Å². The van der Waals surface area contributed by atoms with Crippen LogP contribution in [-0.4, -0.2) is 22.5 Å². The van der Waals surface area contributed by atoms with Crippen molar-refractivity contribution in [3.05, 3.63) is 36.0 Å². The van der Waals surface area contributed by atoms with Gasteiger partial charge in [-0.25, -0.2) is 0 Å². The Hall–Kier alpha value is -1.61. The topological polar surface area (TPSA) is 42.1 Å². The Morgan fingerprint density at radius 2 is 2.00 bits per heavy atom. The molecule has 2 heterocycles. The number of benzene rings is 1. The van der Waals surface area contributed by atoms with E-state index in [0.717, 1.165) is 47.2 Å². The predicted octanol–water partition coefficient (Wildman–Crippen LogP) is 3.68. The van der Waals surface area contributed by atoms with Crippen molar-refractivity contribution in [2.24, 2.45) is 11.8 Å². The summed E-state index contributed by atoms with van der Waals surface area (Å²) in [6.07, 6.45) is 1.32. The van der Waals surface area contributed by atoms with Crippen LogP contribution in [0.5, 0.6) is 0 Å². The smallest absolute Gasteiger partial charge is 0.0726 e. The van der Waals surface area contributed by atoms with Gasteiger partial charge in [-0.3, -0.25) is 9.88 Å². The van der Waals surface area contributed by atoms with Gasteiger partial charge in [0.25, 0.3) is 0 Å². The van der Waals surface area contributed by atoms with E-state index in [1.54, 1.807) is 0 Å². The van der Waals surface area contributed by atoms with E-state index in [0.29, 0.717) is 6.04 Å². The van der Waals surface area contributed by atoms with E-state index in [-0.39, 0.29) is 0 Å². The van der Waals surface area contributed by atoms with Gasteiger partial charge in [0.1, 0.15) is 0 Å². The second-order valence-corrected chi connectivity index (χ2v) is 6.71. The molecule has 0 amide bonds. The lowest BCUT2D eigenvalue weighted by molar-refractivity contribution is 0.0719. The fourth-order valence-corrected chi connectivity index (χ4v) is 3.59. The van der Waals surface area contributed by atoms with Gasteiger partial charge in [-0.1, -0.05) is 32.0 Å². The van der Waals surface area contributed by atoms with Gasteiger partial charge >= 0.3 is 0 Å². The number of piperidine rings is 1. The van der Waals surface area contributed by atoms with Crippen molar-refractivity contribution in [3.8, 4) is 0 Å². The average Bonchev–Trinajstić information content (AvgIpc) is 2.44. The number of nitrogen functional groups attached to an aromatic ring is 1. The minimum Gasteiger partial charge on any atom is -0.398 e. The molecule has 0 spiro atoms. The van der Waals surface area contributed by atoms with E-state index in [1.165, 1.54) is 6.42 Å². The zero-order chi connectivity index (χ0) is 15.0. The first-order valence-electron chi connectivity index (χ1n) is 7.92. The lowest BCUT2D eigenvalue weighted by Crippen LogP contribution is -2.45. The zero-order valence-corrected chi connectivity index (χ0v) is 13.2. The molecule has 1 saturated heterocycles. The molecule has 3 atom stereocenters. The minimum atomic E-state index is 0.607. The van der Waals surface area contributed by atoms with E-state index in [1.807, 2.05) is 30.3 Å². The van der Waals surface area contributed by atoms with Crippen LogP contribution in [0, 0.1) is 11.8 Å². The number of para-hydroxylation sites is 1. The molecular weight excluding hydrogens is 258 g/mol. The molecule has 0 bridgehead atoms. The molecule has 0 radical (unpaired) electrons. The number of pyridine rings is 1. The van der Waals surface area contributed by atoms with Crippen LogP contribution in [0.2, 0.25) is 0 Å². The predicted molar refractivity (Wildman–Crippen MR) is 89.0 cm³/mol. The van der Waals surface area contributed by atoms with Gasteiger partial charge in [0.15, 0.2) is 0 Å². The number of rotatable bonds is 2. The fourth-order valence-electron chi connectivity index (χ4n) is 3.59. The molecule has 1 fully saturated rings. The van der Waals surface area contributed by atoms with Crippen LogP contribution in [0.1, 0.15) is 32.9 Å². The van der Waals surface area contributed by atoms with Crippen molar-refractivity contribution in [2.45, 2.75) is 39.8 Å². The first-order valence-corrected chi connectivity index (χ1v) is 7.92. The van der Waals surface area contributed by atoms with Gasteiger partial charge in [-0.05, 0) is 37.3 Å². The fraction of sp³-hybridized carbons (Fsp3) is 0.500. The minimum absolute atomic E-state index is 0.607. The molecule has 2 N–H and O–H groups in total. The average molecular weight is 283 g/mol. The molecule has 21 heavy (non-hydrogen) atoms. The Balaban J connectivity index is 1.87. The number of likely N-dealkylation sites (tertiary alicyclic amines) is 1. The molecule has 112 valence electrons. The van der Waals surface area contributed by atoms with Crippen molar-refractivity contribution in [2.75, 3.05) is 12.3 Å². The highest BCUT2D eigenvalue weighted by molar-refractivity contribution is 5.90. The maximum absolute atomic E-state index is 6.19. The van der Waals surface area contributed by atoms with Gasteiger partial charge < -0.3 is 5.73 Å². The lowest BCUT2D eigenvalue weighted by Gasteiger charge is -2.41. The summed E-state index contributed by atoms with van der Waals surface area (Å²) in [4.78, 5) is 7.34. The van der Waals surface area contributed by atoms with Crippen molar-refractivity contribution in [1.82, 2.24) is 9.88 Å². The number of fused-ring (bicyclic) bond motifs is 1. The second kappa shape index (κ2) is 5.64. The highest BCUT2D eigenvalue weighted by atomic mass is 15.2.